The van der Waals surface area contributed by atoms with Crippen LogP contribution >= 0.6 is 11.6 Å². The fraction of sp³-hybridized carbons (Fsp3) is 0.571. The van der Waals surface area contributed by atoms with Crippen LogP contribution in [0.3, 0.4) is 0 Å². The monoisotopic (exact) mass is 404 g/mol. The van der Waals surface area contributed by atoms with E-state index in [9.17, 15) is 9.59 Å². The van der Waals surface area contributed by atoms with Gasteiger partial charge in [-0.15, -0.1) is 0 Å². The van der Waals surface area contributed by atoms with Crippen LogP contribution in [0.1, 0.15) is 50.5 Å². The number of hydrazone groups is 1. The first-order valence-electron chi connectivity index (χ1n) is 10.2. The van der Waals surface area contributed by atoms with Crippen LogP contribution in [0.4, 0.5) is 0 Å². The summed E-state index contributed by atoms with van der Waals surface area (Å²) in [5.41, 5.74) is 1.74. The smallest absolute Gasteiger partial charge is 0.243 e. The van der Waals surface area contributed by atoms with Crippen LogP contribution in [0.25, 0.3) is 0 Å². The Labute approximate surface area is 171 Å². The van der Waals surface area contributed by atoms with Crippen molar-refractivity contribution >= 4 is 29.1 Å². The molecule has 0 aliphatic carbocycles. The molecular weight excluding hydrogens is 376 g/mol. The average Bonchev–Trinajstić information content (AvgIpc) is 2.96. The summed E-state index contributed by atoms with van der Waals surface area (Å²) in [4.78, 5) is 26.9. The van der Waals surface area contributed by atoms with Gasteiger partial charge in [-0.1, -0.05) is 36.6 Å². The van der Waals surface area contributed by atoms with Crippen molar-refractivity contribution in [3.63, 3.8) is 0 Å². The molecule has 0 aromatic heterocycles. The highest BCUT2D eigenvalue weighted by Gasteiger charge is 2.23. The SMILES string of the molecule is O=C(CN1N=C(c2ccc(Cl)cc2)CCC1=O)NCCCN1CCCCCC1. The highest BCUT2D eigenvalue weighted by molar-refractivity contribution is 6.30. The molecule has 0 radical (unpaired) electrons. The number of halogens is 1. The molecule has 2 aliphatic heterocycles. The summed E-state index contributed by atoms with van der Waals surface area (Å²) >= 11 is 5.93. The molecule has 2 aliphatic rings. The third-order valence-electron chi connectivity index (χ3n) is 5.25. The Morgan fingerprint density at radius 3 is 2.50 bits per heavy atom. The first kappa shape index (κ1) is 20.8. The molecule has 0 unspecified atom stereocenters. The van der Waals surface area contributed by atoms with E-state index in [-0.39, 0.29) is 18.4 Å². The molecule has 1 aromatic carbocycles. The quantitative estimate of drug-likeness (QED) is 0.710. The first-order valence-corrected chi connectivity index (χ1v) is 10.6. The highest BCUT2D eigenvalue weighted by Crippen LogP contribution is 2.17. The van der Waals surface area contributed by atoms with Gasteiger partial charge in [-0.3, -0.25) is 9.59 Å². The maximum absolute atomic E-state index is 12.2. The number of carbonyl (C=O) groups is 2. The maximum Gasteiger partial charge on any atom is 0.243 e. The molecule has 152 valence electrons. The van der Waals surface area contributed by atoms with Crippen LogP contribution in [0, 0.1) is 0 Å². The van der Waals surface area contributed by atoms with Crippen LogP contribution < -0.4 is 5.32 Å². The number of carbonyl (C=O) groups excluding carboxylic acids is 2. The molecule has 1 saturated heterocycles. The van der Waals surface area contributed by atoms with Gasteiger partial charge in [0.15, 0.2) is 0 Å². The lowest BCUT2D eigenvalue weighted by Gasteiger charge is -2.23. The zero-order valence-electron chi connectivity index (χ0n) is 16.3. The van der Waals surface area contributed by atoms with Crippen LogP contribution in [0.2, 0.25) is 5.02 Å². The second-order valence-electron chi connectivity index (χ2n) is 7.46. The van der Waals surface area contributed by atoms with E-state index in [1.807, 2.05) is 12.1 Å². The molecule has 6 nitrogen and oxygen atoms in total. The number of amides is 2. The number of nitrogens with one attached hydrogen (secondary N) is 1. The number of hydrogen-bond acceptors (Lipinski definition) is 4. The van der Waals surface area contributed by atoms with Gasteiger partial charge >= 0.3 is 0 Å². The van der Waals surface area contributed by atoms with E-state index in [0.717, 1.165) is 24.2 Å². The van der Waals surface area contributed by atoms with Gasteiger partial charge in [0.25, 0.3) is 0 Å². The van der Waals surface area contributed by atoms with Crippen molar-refractivity contribution in [1.29, 1.82) is 0 Å². The molecule has 2 amide bonds. The van der Waals surface area contributed by atoms with Crippen molar-refractivity contribution in [3.8, 4) is 0 Å². The minimum atomic E-state index is -0.162. The summed E-state index contributed by atoms with van der Waals surface area (Å²) in [5, 5.41) is 9.27. The summed E-state index contributed by atoms with van der Waals surface area (Å²) in [6, 6.07) is 7.38. The predicted octanol–water partition coefficient (Wildman–Crippen LogP) is 3.05. The van der Waals surface area contributed by atoms with E-state index >= 15 is 0 Å². The van der Waals surface area contributed by atoms with E-state index in [1.165, 1.54) is 43.8 Å². The number of hydrogen-bond donors (Lipinski definition) is 1. The van der Waals surface area contributed by atoms with Crippen molar-refractivity contribution in [3.05, 3.63) is 34.9 Å². The Bertz CT molecular complexity index is 697. The van der Waals surface area contributed by atoms with Gasteiger partial charge in [-0.25, -0.2) is 5.01 Å². The van der Waals surface area contributed by atoms with Crippen LogP contribution in [0.5, 0.6) is 0 Å². The fourth-order valence-electron chi connectivity index (χ4n) is 3.66. The van der Waals surface area contributed by atoms with Gasteiger partial charge < -0.3 is 10.2 Å². The van der Waals surface area contributed by atoms with Crippen molar-refractivity contribution in [1.82, 2.24) is 15.2 Å². The Kier molecular flexibility index (Phi) is 7.86. The van der Waals surface area contributed by atoms with Gasteiger partial charge in [0.05, 0.1) is 5.71 Å². The Morgan fingerprint density at radius 2 is 1.79 bits per heavy atom. The molecule has 1 aromatic rings. The minimum absolute atomic E-state index is 0.0281. The fourth-order valence-corrected chi connectivity index (χ4v) is 3.78. The molecular formula is C21H29ClN4O2. The second-order valence-corrected chi connectivity index (χ2v) is 7.90. The lowest BCUT2D eigenvalue weighted by molar-refractivity contribution is -0.136. The van der Waals surface area contributed by atoms with E-state index < -0.39 is 0 Å². The summed E-state index contributed by atoms with van der Waals surface area (Å²) in [6.07, 6.45) is 7.08. The molecule has 0 atom stereocenters. The number of rotatable bonds is 7. The van der Waals surface area contributed by atoms with Crippen LogP contribution in [-0.2, 0) is 9.59 Å². The van der Waals surface area contributed by atoms with Gasteiger partial charge in [0, 0.05) is 24.4 Å². The number of benzene rings is 1. The van der Waals surface area contributed by atoms with E-state index in [1.54, 1.807) is 12.1 Å². The standard InChI is InChI=1S/C21H29ClN4O2/c22-18-8-6-17(7-9-18)19-10-11-21(28)26(24-19)16-20(27)23-12-5-15-25-13-3-1-2-4-14-25/h6-9H,1-5,10-16H2,(H,23,27). The Hall–Kier alpha value is -1.92. The van der Waals surface area contributed by atoms with Crippen LogP contribution in [-0.4, -0.2) is 60.2 Å². The van der Waals surface area contributed by atoms with E-state index in [4.69, 9.17) is 11.6 Å². The largest absolute Gasteiger partial charge is 0.354 e. The molecule has 0 bridgehead atoms. The van der Waals surface area contributed by atoms with Crippen LogP contribution in [0.15, 0.2) is 29.4 Å². The molecule has 1 fully saturated rings. The van der Waals surface area contributed by atoms with Gasteiger partial charge in [-0.05, 0) is 56.6 Å². The van der Waals surface area contributed by atoms with Crippen molar-refractivity contribution in [2.75, 3.05) is 32.7 Å². The zero-order chi connectivity index (χ0) is 19.8. The minimum Gasteiger partial charge on any atom is -0.354 e. The molecule has 2 heterocycles. The third-order valence-corrected chi connectivity index (χ3v) is 5.50. The highest BCUT2D eigenvalue weighted by atomic mass is 35.5. The lowest BCUT2D eigenvalue weighted by atomic mass is 10.0. The summed E-state index contributed by atoms with van der Waals surface area (Å²) < 4.78 is 0. The molecule has 28 heavy (non-hydrogen) atoms. The predicted molar refractivity (Wildman–Crippen MR) is 111 cm³/mol. The van der Waals surface area contributed by atoms with Gasteiger partial charge in [0.1, 0.15) is 6.54 Å². The van der Waals surface area contributed by atoms with E-state index in [2.05, 4.69) is 15.3 Å². The Morgan fingerprint density at radius 1 is 1.07 bits per heavy atom. The number of nitrogens with zero attached hydrogens (tertiary/aromatic N) is 3. The topological polar surface area (TPSA) is 65.0 Å². The third kappa shape index (κ3) is 6.31. The summed E-state index contributed by atoms with van der Waals surface area (Å²) in [6.45, 7) is 3.95. The molecule has 3 rings (SSSR count). The molecule has 1 N–H and O–H groups in total. The lowest BCUT2D eigenvalue weighted by Crippen LogP contribution is -2.41. The first-order chi connectivity index (χ1) is 13.6. The number of likely N-dealkylation sites (tertiary alicyclic amines) is 1. The average molecular weight is 405 g/mol. The maximum atomic E-state index is 12.2. The summed E-state index contributed by atoms with van der Waals surface area (Å²) in [7, 11) is 0. The zero-order valence-corrected chi connectivity index (χ0v) is 17.1. The molecule has 7 heteroatoms. The normalized spacial score (nSPS) is 18.5. The van der Waals surface area contributed by atoms with Crippen molar-refractivity contribution in [2.45, 2.75) is 44.9 Å². The van der Waals surface area contributed by atoms with E-state index in [0.29, 0.717) is 24.4 Å². The van der Waals surface area contributed by atoms with Crippen molar-refractivity contribution in [2.24, 2.45) is 5.10 Å². The van der Waals surface area contributed by atoms with Crippen molar-refractivity contribution < 1.29 is 9.59 Å². The second kappa shape index (κ2) is 10.6. The summed E-state index contributed by atoms with van der Waals surface area (Å²) in [5.74, 6) is -0.275. The van der Waals surface area contributed by atoms with Gasteiger partial charge in [-0.2, -0.15) is 5.10 Å². The van der Waals surface area contributed by atoms with Gasteiger partial charge in [0.2, 0.25) is 11.8 Å². The molecule has 0 saturated carbocycles. The Balaban J connectivity index is 1.44. The molecule has 0 spiro atoms.